The van der Waals surface area contributed by atoms with Gasteiger partial charge in [0.05, 0.1) is 12.7 Å². The molecule has 0 saturated heterocycles. The first-order valence-corrected chi connectivity index (χ1v) is 9.57. The minimum absolute atomic E-state index is 0.0447. The molecule has 0 bridgehead atoms. The zero-order chi connectivity index (χ0) is 17.1. The molecular formula is C18H26N3O2S+. The Hall–Kier alpha value is -1.53. The summed E-state index contributed by atoms with van der Waals surface area (Å²) >= 11 is 1.83. The third kappa shape index (κ3) is 4.51. The number of carbonyl (C=O) groups excluding carboxylic acids is 2. The molecule has 1 aromatic carbocycles. The summed E-state index contributed by atoms with van der Waals surface area (Å²) < 4.78 is 0. The molecule has 5 nitrogen and oxygen atoms in total. The van der Waals surface area contributed by atoms with Crippen molar-refractivity contribution in [2.24, 2.45) is 0 Å². The van der Waals surface area contributed by atoms with Gasteiger partial charge in [0, 0.05) is 22.7 Å². The van der Waals surface area contributed by atoms with E-state index in [1.54, 1.807) is 0 Å². The zero-order valence-electron chi connectivity index (χ0n) is 14.4. The number of hydrogen-bond donors (Lipinski definition) is 2. The number of thioether (sulfide) groups is 1. The quantitative estimate of drug-likeness (QED) is 0.824. The molecule has 3 rings (SSSR count). The Bertz CT molecular complexity index is 618. The normalized spacial score (nSPS) is 21.6. The van der Waals surface area contributed by atoms with Gasteiger partial charge in [0.25, 0.3) is 11.8 Å². The molecule has 0 aromatic heterocycles. The molecule has 24 heavy (non-hydrogen) atoms. The molecule has 0 radical (unpaired) electrons. The Balaban J connectivity index is 1.62. The van der Waals surface area contributed by atoms with Gasteiger partial charge >= 0.3 is 0 Å². The summed E-state index contributed by atoms with van der Waals surface area (Å²) in [7, 11) is 1.91. The lowest BCUT2D eigenvalue weighted by molar-refractivity contribution is -0.862. The van der Waals surface area contributed by atoms with E-state index >= 15 is 0 Å². The molecule has 2 aliphatic rings. The van der Waals surface area contributed by atoms with Crippen LogP contribution in [0.25, 0.3) is 0 Å². The number of amides is 2. The van der Waals surface area contributed by atoms with Gasteiger partial charge in [-0.2, -0.15) is 0 Å². The summed E-state index contributed by atoms with van der Waals surface area (Å²) in [6, 6.07) is 8.48. The highest BCUT2D eigenvalue weighted by Gasteiger charge is 2.28. The van der Waals surface area contributed by atoms with E-state index in [1.165, 1.54) is 4.90 Å². The predicted molar refractivity (Wildman–Crippen MR) is 96.5 cm³/mol. The SMILES string of the molecule is C[C@H]1CCN(C(=O)C[NH+](C)CC(=O)NC2CC2)c2ccccc2S1. The highest BCUT2D eigenvalue weighted by molar-refractivity contribution is 8.00. The van der Waals surface area contributed by atoms with Gasteiger partial charge in [-0.25, -0.2) is 0 Å². The Labute approximate surface area is 147 Å². The summed E-state index contributed by atoms with van der Waals surface area (Å²) in [5.41, 5.74) is 1.01. The zero-order valence-corrected chi connectivity index (χ0v) is 15.2. The van der Waals surface area contributed by atoms with Crippen molar-refractivity contribution in [3.05, 3.63) is 24.3 Å². The van der Waals surface area contributed by atoms with Crippen LogP contribution >= 0.6 is 11.8 Å². The number of anilines is 1. The summed E-state index contributed by atoms with van der Waals surface area (Å²) in [5.74, 6) is 0.136. The first-order valence-electron chi connectivity index (χ1n) is 8.69. The number of carbonyl (C=O) groups is 2. The monoisotopic (exact) mass is 348 g/mol. The number of para-hydroxylation sites is 1. The number of rotatable bonds is 5. The first-order chi connectivity index (χ1) is 11.5. The molecule has 1 saturated carbocycles. The minimum Gasteiger partial charge on any atom is -0.348 e. The average Bonchev–Trinajstić information content (AvgIpc) is 3.33. The van der Waals surface area contributed by atoms with E-state index in [4.69, 9.17) is 0 Å². The Kier molecular flexibility index (Phi) is 5.46. The molecule has 1 fully saturated rings. The van der Waals surface area contributed by atoms with Crippen molar-refractivity contribution in [3.63, 3.8) is 0 Å². The molecule has 1 aromatic rings. The molecule has 1 heterocycles. The molecule has 0 spiro atoms. The van der Waals surface area contributed by atoms with Crippen LogP contribution in [-0.4, -0.2) is 49.8 Å². The second-order valence-corrected chi connectivity index (χ2v) is 8.36. The highest BCUT2D eigenvalue weighted by Crippen LogP contribution is 2.37. The fourth-order valence-corrected chi connectivity index (χ4v) is 4.06. The Morgan fingerprint density at radius 1 is 1.25 bits per heavy atom. The molecule has 1 aliphatic carbocycles. The van der Waals surface area contributed by atoms with Crippen LogP contribution in [0.2, 0.25) is 0 Å². The molecule has 1 aliphatic heterocycles. The highest BCUT2D eigenvalue weighted by atomic mass is 32.2. The minimum atomic E-state index is 0.0447. The van der Waals surface area contributed by atoms with Gasteiger partial charge < -0.3 is 15.1 Å². The number of hydrogen-bond acceptors (Lipinski definition) is 3. The van der Waals surface area contributed by atoms with Crippen LogP contribution in [-0.2, 0) is 9.59 Å². The van der Waals surface area contributed by atoms with Crippen molar-refractivity contribution in [2.45, 2.75) is 42.4 Å². The van der Waals surface area contributed by atoms with Gasteiger partial charge in [-0.05, 0) is 31.4 Å². The van der Waals surface area contributed by atoms with E-state index in [-0.39, 0.29) is 11.8 Å². The van der Waals surface area contributed by atoms with Crippen LogP contribution in [0.4, 0.5) is 5.69 Å². The molecule has 2 atom stereocenters. The van der Waals surface area contributed by atoms with Crippen molar-refractivity contribution in [2.75, 3.05) is 31.6 Å². The van der Waals surface area contributed by atoms with E-state index in [0.717, 1.165) is 36.4 Å². The van der Waals surface area contributed by atoms with E-state index in [0.29, 0.717) is 24.4 Å². The number of quaternary nitrogens is 1. The summed E-state index contributed by atoms with van der Waals surface area (Å²) in [6.07, 6.45) is 3.15. The van der Waals surface area contributed by atoms with Gasteiger partial charge in [-0.3, -0.25) is 9.59 Å². The molecular weight excluding hydrogens is 322 g/mol. The Morgan fingerprint density at radius 3 is 2.75 bits per heavy atom. The van der Waals surface area contributed by atoms with E-state index < -0.39 is 0 Å². The third-order valence-corrected chi connectivity index (χ3v) is 5.64. The third-order valence-electron chi connectivity index (χ3n) is 4.40. The van der Waals surface area contributed by atoms with Gasteiger partial charge in [0.1, 0.15) is 0 Å². The number of likely N-dealkylation sites (N-methyl/N-ethyl adjacent to an activating group) is 1. The second-order valence-electron chi connectivity index (χ2n) is 6.88. The molecule has 2 N–H and O–H groups in total. The van der Waals surface area contributed by atoms with Crippen molar-refractivity contribution in [1.82, 2.24) is 5.32 Å². The van der Waals surface area contributed by atoms with Crippen molar-refractivity contribution in [1.29, 1.82) is 0 Å². The summed E-state index contributed by atoms with van der Waals surface area (Å²) in [4.78, 5) is 28.7. The van der Waals surface area contributed by atoms with Gasteiger partial charge in [-0.1, -0.05) is 19.1 Å². The number of nitrogens with zero attached hydrogens (tertiary/aromatic N) is 1. The van der Waals surface area contributed by atoms with Crippen LogP contribution < -0.4 is 15.1 Å². The van der Waals surface area contributed by atoms with Gasteiger partial charge in [-0.15, -0.1) is 11.8 Å². The topological polar surface area (TPSA) is 53.9 Å². The maximum absolute atomic E-state index is 12.8. The average molecular weight is 348 g/mol. The summed E-state index contributed by atoms with van der Waals surface area (Å²) in [5, 5.41) is 3.48. The van der Waals surface area contributed by atoms with Crippen LogP contribution in [0, 0.1) is 0 Å². The maximum Gasteiger partial charge on any atom is 0.282 e. The van der Waals surface area contributed by atoms with Gasteiger partial charge in [0.15, 0.2) is 13.1 Å². The predicted octanol–water partition coefficient (Wildman–Crippen LogP) is 0.697. The number of benzene rings is 1. The van der Waals surface area contributed by atoms with E-state index in [1.807, 2.05) is 41.9 Å². The van der Waals surface area contributed by atoms with Gasteiger partial charge in [0.2, 0.25) is 0 Å². The second kappa shape index (κ2) is 7.57. The fraction of sp³-hybridized carbons (Fsp3) is 0.556. The van der Waals surface area contributed by atoms with Crippen molar-refractivity contribution in [3.8, 4) is 0 Å². The smallest absolute Gasteiger partial charge is 0.282 e. The lowest BCUT2D eigenvalue weighted by atomic mass is 10.2. The number of nitrogens with one attached hydrogen (secondary N) is 2. The molecule has 130 valence electrons. The van der Waals surface area contributed by atoms with Crippen LogP contribution in [0.15, 0.2) is 29.2 Å². The van der Waals surface area contributed by atoms with E-state index in [9.17, 15) is 9.59 Å². The molecule has 2 amide bonds. The Morgan fingerprint density at radius 2 is 2.00 bits per heavy atom. The van der Waals surface area contributed by atoms with Crippen LogP contribution in [0.1, 0.15) is 26.2 Å². The van der Waals surface area contributed by atoms with Crippen molar-refractivity contribution >= 4 is 29.3 Å². The lowest BCUT2D eigenvalue weighted by Crippen LogP contribution is -3.11. The maximum atomic E-state index is 12.8. The lowest BCUT2D eigenvalue weighted by Gasteiger charge is -2.24. The van der Waals surface area contributed by atoms with Crippen molar-refractivity contribution < 1.29 is 14.5 Å². The van der Waals surface area contributed by atoms with Crippen LogP contribution in [0.5, 0.6) is 0 Å². The fourth-order valence-electron chi connectivity index (χ4n) is 2.94. The number of fused-ring (bicyclic) bond motifs is 1. The summed E-state index contributed by atoms with van der Waals surface area (Å²) in [6.45, 7) is 3.63. The largest absolute Gasteiger partial charge is 0.348 e. The first kappa shape index (κ1) is 17.3. The standard InChI is InChI=1S/C18H25N3O2S/c1-13-9-10-21(15-5-3-4-6-16(15)24-13)18(23)12-20(2)11-17(22)19-14-7-8-14/h3-6,13-14H,7-12H2,1-2H3,(H,19,22)/p+1/t13-/m0/s1. The van der Waals surface area contributed by atoms with E-state index in [2.05, 4.69) is 18.3 Å². The van der Waals surface area contributed by atoms with Crippen LogP contribution in [0.3, 0.4) is 0 Å². The molecule has 6 heteroatoms. The molecule has 1 unspecified atom stereocenters.